The van der Waals surface area contributed by atoms with Crippen molar-refractivity contribution in [3.8, 4) is 11.5 Å². The van der Waals surface area contributed by atoms with Crippen molar-refractivity contribution in [1.82, 2.24) is 10.2 Å². The molecule has 0 radical (unpaired) electrons. The Morgan fingerprint density at radius 1 is 1.21 bits per heavy atom. The van der Waals surface area contributed by atoms with E-state index in [1.54, 1.807) is 12.1 Å². The fourth-order valence-electron chi connectivity index (χ4n) is 3.79. The maximum Gasteiger partial charge on any atom is 0.387 e. The van der Waals surface area contributed by atoms with Crippen LogP contribution >= 0.6 is 12.4 Å². The summed E-state index contributed by atoms with van der Waals surface area (Å²) >= 11 is 0. The molecule has 7 heteroatoms. The Morgan fingerprint density at radius 2 is 1.96 bits per heavy atom. The first-order valence-electron chi connectivity index (χ1n) is 8.15. The van der Waals surface area contributed by atoms with Crippen LogP contribution in [-0.4, -0.2) is 44.8 Å². The van der Waals surface area contributed by atoms with Crippen molar-refractivity contribution in [3.63, 3.8) is 0 Å². The molecule has 0 bridgehead atoms. The van der Waals surface area contributed by atoms with Crippen molar-refractivity contribution in [2.75, 3.05) is 33.3 Å². The summed E-state index contributed by atoms with van der Waals surface area (Å²) in [6, 6.07) is 5.20. The van der Waals surface area contributed by atoms with Crippen molar-refractivity contribution in [2.45, 2.75) is 32.4 Å². The molecule has 1 N–H and O–H groups in total. The fraction of sp³-hybridized carbons (Fsp3) is 0.647. The summed E-state index contributed by atoms with van der Waals surface area (Å²) in [6.07, 6.45) is 3.74. The van der Waals surface area contributed by atoms with Crippen molar-refractivity contribution in [3.05, 3.63) is 23.8 Å². The second-order valence-electron chi connectivity index (χ2n) is 6.57. The number of piperidine rings is 1. The molecular weight excluding hydrogens is 338 g/mol. The molecule has 2 saturated heterocycles. The summed E-state index contributed by atoms with van der Waals surface area (Å²) in [4.78, 5) is 2.45. The number of rotatable bonds is 5. The van der Waals surface area contributed by atoms with Gasteiger partial charge in [-0.3, -0.25) is 4.90 Å². The van der Waals surface area contributed by atoms with Crippen LogP contribution in [0.1, 0.15) is 24.8 Å². The van der Waals surface area contributed by atoms with Gasteiger partial charge in [-0.05, 0) is 62.0 Å². The summed E-state index contributed by atoms with van der Waals surface area (Å²) < 4.78 is 34.4. The minimum absolute atomic E-state index is 0. The number of benzene rings is 1. The molecular formula is C17H25ClF2N2O2. The maximum absolute atomic E-state index is 12.4. The van der Waals surface area contributed by atoms with E-state index in [9.17, 15) is 8.78 Å². The van der Waals surface area contributed by atoms with Gasteiger partial charge in [0.25, 0.3) is 0 Å². The molecule has 3 rings (SSSR count). The third-order valence-corrected chi connectivity index (χ3v) is 5.03. The van der Waals surface area contributed by atoms with Gasteiger partial charge in [0.05, 0.1) is 7.11 Å². The highest BCUT2D eigenvalue weighted by Gasteiger charge is 2.38. The number of ether oxygens (including phenoxy) is 2. The number of methoxy groups -OCH3 is 1. The van der Waals surface area contributed by atoms with Gasteiger partial charge in [-0.15, -0.1) is 12.4 Å². The molecule has 0 atom stereocenters. The highest BCUT2D eigenvalue weighted by molar-refractivity contribution is 5.85. The molecule has 2 aliphatic rings. The maximum atomic E-state index is 12.4. The van der Waals surface area contributed by atoms with Crippen LogP contribution in [0.25, 0.3) is 0 Å². The van der Waals surface area contributed by atoms with E-state index in [1.165, 1.54) is 26.4 Å². The molecule has 2 heterocycles. The minimum atomic E-state index is -2.84. The third kappa shape index (κ3) is 4.49. The molecule has 24 heavy (non-hydrogen) atoms. The monoisotopic (exact) mass is 362 g/mol. The Kier molecular flexibility index (Phi) is 6.66. The molecule has 136 valence electrons. The van der Waals surface area contributed by atoms with Gasteiger partial charge in [-0.25, -0.2) is 0 Å². The van der Waals surface area contributed by atoms with Gasteiger partial charge in [0.1, 0.15) is 0 Å². The highest BCUT2D eigenvalue weighted by Crippen LogP contribution is 2.39. The third-order valence-electron chi connectivity index (χ3n) is 5.03. The molecule has 1 aromatic carbocycles. The molecule has 4 nitrogen and oxygen atoms in total. The first kappa shape index (κ1) is 19.2. The number of nitrogens with one attached hydrogen (secondary N) is 1. The van der Waals surface area contributed by atoms with E-state index < -0.39 is 6.61 Å². The van der Waals surface area contributed by atoms with Crippen molar-refractivity contribution >= 4 is 12.4 Å². The van der Waals surface area contributed by atoms with E-state index in [0.717, 1.165) is 38.3 Å². The molecule has 0 aliphatic carbocycles. The lowest BCUT2D eigenvalue weighted by Crippen LogP contribution is -2.38. The van der Waals surface area contributed by atoms with Crippen molar-refractivity contribution < 1.29 is 18.3 Å². The van der Waals surface area contributed by atoms with E-state index >= 15 is 0 Å². The van der Waals surface area contributed by atoms with E-state index in [4.69, 9.17) is 4.74 Å². The molecule has 0 saturated carbocycles. The molecule has 0 aromatic heterocycles. The van der Waals surface area contributed by atoms with Crippen LogP contribution < -0.4 is 14.8 Å². The summed E-state index contributed by atoms with van der Waals surface area (Å²) in [5.74, 6) is 0.445. The van der Waals surface area contributed by atoms with E-state index in [2.05, 4.69) is 15.0 Å². The quantitative estimate of drug-likeness (QED) is 0.871. The second kappa shape index (κ2) is 8.32. The van der Waals surface area contributed by atoms with E-state index in [-0.39, 0.29) is 18.2 Å². The van der Waals surface area contributed by atoms with Gasteiger partial charge in [0.15, 0.2) is 11.5 Å². The Labute approximate surface area is 147 Å². The number of likely N-dealkylation sites (tertiary alicyclic amines) is 1. The lowest BCUT2D eigenvalue weighted by Gasteiger charge is -2.34. The predicted octanol–water partition coefficient (Wildman–Crippen LogP) is 3.29. The summed E-state index contributed by atoms with van der Waals surface area (Å²) in [5, 5.41) is 3.43. The van der Waals surface area contributed by atoms with Gasteiger partial charge < -0.3 is 14.8 Å². The number of alkyl halides is 2. The van der Waals surface area contributed by atoms with Crippen LogP contribution in [0.15, 0.2) is 18.2 Å². The average molecular weight is 363 g/mol. The Hall–Kier alpha value is -1.11. The fourth-order valence-corrected chi connectivity index (χ4v) is 3.79. The van der Waals surface area contributed by atoms with Crippen LogP contribution in [0.2, 0.25) is 0 Å². The second-order valence-corrected chi connectivity index (χ2v) is 6.57. The van der Waals surface area contributed by atoms with Crippen LogP contribution in [-0.2, 0) is 6.54 Å². The first-order valence-corrected chi connectivity index (χ1v) is 8.15. The molecule has 2 aliphatic heterocycles. The van der Waals surface area contributed by atoms with Gasteiger partial charge in [-0.2, -0.15) is 8.78 Å². The predicted molar refractivity (Wildman–Crippen MR) is 91.3 cm³/mol. The Morgan fingerprint density at radius 3 is 2.62 bits per heavy atom. The van der Waals surface area contributed by atoms with Crippen molar-refractivity contribution in [2.24, 2.45) is 5.41 Å². The SMILES string of the molecule is COc1cc(CN2CCC3(CCNCC3)C2)ccc1OC(F)F.Cl. The molecule has 1 spiro atoms. The molecule has 2 fully saturated rings. The van der Waals surface area contributed by atoms with E-state index in [1.807, 2.05) is 6.07 Å². The standard InChI is InChI=1S/C17H24F2N2O2.ClH/c1-22-15-10-13(2-3-14(15)23-16(18)19)11-21-9-6-17(12-21)4-7-20-8-5-17;/h2-3,10,16,20H,4-9,11-12H2,1H3;1H. The van der Waals surface area contributed by atoms with Gasteiger partial charge in [0, 0.05) is 13.1 Å². The van der Waals surface area contributed by atoms with E-state index in [0.29, 0.717) is 11.2 Å². The summed E-state index contributed by atoms with van der Waals surface area (Å²) in [5.41, 5.74) is 1.53. The zero-order chi connectivity index (χ0) is 16.3. The average Bonchev–Trinajstić information content (AvgIpc) is 2.91. The highest BCUT2D eigenvalue weighted by atomic mass is 35.5. The Balaban J connectivity index is 0.00000208. The lowest BCUT2D eigenvalue weighted by atomic mass is 9.78. The zero-order valence-corrected chi connectivity index (χ0v) is 14.7. The number of halogens is 3. The van der Waals surface area contributed by atoms with Crippen LogP contribution in [0.3, 0.4) is 0 Å². The van der Waals surface area contributed by atoms with Crippen LogP contribution in [0.5, 0.6) is 11.5 Å². The largest absolute Gasteiger partial charge is 0.493 e. The molecule has 0 unspecified atom stereocenters. The Bertz CT molecular complexity index is 539. The summed E-state index contributed by atoms with van der Waals surface area (Å²) in [6.45, 7) is 2.42. The van der Waals surface area contributed by atoms with Gasteiger partial charge in [0.2, 0.25) is 0 Å². The van der Waals surface area contributed by atoms with Crippen molar-refractivity contribution in [1.29, 1.82) is 0 Å². The topological polar surface area (TPSA) is 33.7 Å². The number of nitrogens with zero attached hydrogens (tertiary/aromatic N) is 1. The normalized spacial score (nSPS) is 20.2. The van der Waals surface area contributed by atoms with Crippen LogP contribution in [0.4, 0.5) is 8.78 Å². The molecule has 0 amide bonds. The van der Waals surface area contributed by atoms with Crippen LogP contribution in [0, 0.1) is 5.41 Å². The van der Waals surface area contributed by atoms with Gasteiger partial charge >= 0.3 is 6.61 Å². The first-order chi connectivity index (χ1) is 11.1. The molecule has 1 aromatic rings. The zero-order valence-electron chi connectivity index (χ0n) is 13.9. The lowest BCUT2D eigenvalue weighted by molar-refractivity contribution is -0.0512. The van der Waals surface area contributed by atoms with Gasteiger partial charge in [-0.1, -0.05) is 6.07 Å². The summed E-state index contributed by atoms with van der Waals surface area (Å²) in [7, 11) is 1.47. The number of hydrogen-bond acceptors (Lipinski definition) is 4. The smallest absolute Gasteiger partial charge is 0.387 e. The minimum Gasteiger partial charge on any atom is -0.493 e. The number of hydrogen-bond donors (Lipinski definition) is 1.